The zero-order valence-electron chi connectivity index (χ0n) is 12.9. The normalized spacial score (nSPS) is 10.3. The van der Waals surface area contributed by atoms with Gasteiger partial charge in [0.05, 0.1) is 18.2 Å². The average Bonchev–Trinajstić information content (AvgIpc) is 3.02. The lowest BCUT2D eigenvalue weighted by Crippen LogP contribution is -2.30. The Kier molecular flexibility index (Phi) is 4.90. The second kappa shape index (κ2) is 6.87. The first-order chi connectivity index (χ1) is 10.9. The maximum Gasteiger partial charge on any atom is 0.257 e. The number of nitrogens with zero attached hydrogens (tertiary/aromatic N) is 1. The summed E-state index contributed by atoms with van der Waals surface area (Å²) in [5.41, 5.74) is 6.31. The Morgan fingerprint density at radius 2 is 2.00 bits per heavy atom. The van der Waals surface area contributed by atoms with Gasteiger partial charge in [-0.05, 0) is 24.1 Å². The Morgan fingerprint density at radius 3 is 2.65 bits per heavy atom. The molecular formula is C16H18N2O5. The van der Waals surface area contributed by atoms with Crippen LogP contribution in [-0.4, -0.2) is 42.5 Å². The highest BCUT2D eigenvalue weighted by Crippen LogP contribution is 2.26. The topological polar surface area (TPSA) is 106 Å². The molecule has 2 aromatic rings. The van der Waals surface area contributed by atoms with Gasteiger partial charge in [0.15, 0.2) is 11.5 Å². The highest BCUT2D eigenvalue weighted by Gasteiger charge is 2.20. The number of hydrogen-bond donors (Lipinski definition) is 2. The molecule has 0 saturated carbocycles. The first-order valence-corrected chi connectivity index (χ1v) is 6.91. The maximum absolute atomic E-state index is 12.3. The molecule has 7 nitrogen and oxygen atoms in total. The first kappa shape index (κ1) is 16.4. The van der Waals surface area contributed by atoms with Gasteiger partial charge in [0.2, 0.25) is 0 Å². The van der Waals surface area contributed by atoms with Crippen molar-refractivity contribution in [1.82, 2.24) is 4.90 Å². The summed E-state index contributed by atoms with van der Waals surface area (Å²) in [6.07, 6.45) is 2.93. The molecular weight excluding hydrogens is 300 g/mol. The van der Waals surface area contributed by atoms with Gasteiger partial charge in [-0.25, -0.2) is 0 Å². The van der Waals surface area contributed by atoms with Crippen molar-refractivity contribution >= 4 is 11.8 Å². The third-order valence-electron chi connectivity index (χ3n) is 3.48. The average molecular weight is 318 g/mol. The highest BCUT2D eigenvalue weighted by atomic mass is 16.5. The van der Waals surface area contributed by atoms with E-state index in [1.54, 1.807) is 19.2 Å². The summed E-state index contributed by atoms with van der Waals surface area (Å²) in [4.78, 5) is 25.0. The number of carbonyl (C=O) groups excluding carboxylic acids is 2. The number of methoxy groups -OCH3 is 1. The lowest BCUT2D eigenvalue weighted by atomic mass is 10.1. The first-order valence-electron chi connectivity index (χ1n) is 6.91. The molecule has 0 aliphatic rings. The van der Waals surface area contributed by atoms with Crippen LogP contribution in [0.3, 0.4) is 0 Å². The summed E-state index contributed by atoms with van der Waals surface area (Å²) >= 11 is 0. The third kappa shape index (κ3) is 3.63. The van der Waals surface area contributed by atoms with Crippen LogP contribution in [0.2, 0.25) is 0 Å². The SMILES string of the molecule is COc1cc(CCN(C)C(=O)c2cocc2C(N)=O)ccc1O. The van der Waals surface area contributed by atoms with Crippen LogP contribution in [0.25, 0.3) is 0 Å². The molecule has 0 aliphatic heterocycles. The predicted molar refractivity (Wildman–Crippen MR) is 82.5 cm³/mol. The molecule has 7 heteroatoms. The van der Waals surface area contributed by atoms with E-state index in [0.29, 0.717) is 18.7 Å². The molecule has 0 unspecified atom stereocenters. The summed E-state index contributed by atoms with van der Waals surface area (Å²) in [5, 5.41) is 9.56. The van der Waals surface area contributed by atoms with Crippen LogP contribution in [0, 0.1) is 0 Å². The fourth-order valence-electron chi connectivity index (χ4n) is 2.14. The minimum Gasteiger partial charge on any atom is -0.504 e. The molecule has 0 saturated heterocycles. The van der Waals surface area contributed by atoms with Crippen molar-refractivity contribution in [2.24, 2.45) is 5.73 Å². The second-order valence-corrected chi connectivity index (χ2v) is 5.05. The van der Waals surface area contributed by atoms with E-state index in [4.69, 9.17) is 14.9 Å². The molecule has 2 rings (SSSR count). The molecule has 1 heterocycles. The standard InChI is InChI=1S/C16H18N2O5/c1-18(16(21)12-9-23-8-11(12)15(17)20)6-5-10-3-4-13(19)14(7-10)22-2/h3-4,7-9,19H,5-6H2,1-2H3,(H2,17,20). The van der Waals surface area contributed by atoms with Crippen molar-refractivity contribution in [3.8, 4) is 11.5 Å². The van der Waals surface area contributed by atoms with Crippen LogP contribution in [0.4, 0.5) is 0 Å². The molecule has 2 amide bonds. The summed E-state index contributed by atoms with van der Waals surface area (Å²) < 4.78 is 9.94. The number of likely N-dealkylation sites (N-methyl/N-ethyl adjacent to an activating group) is 1. The molecule has 0 bridgehead atoms. The van der Waals surface area contributed by atoms with Crippen LogP contribution < -0.4 is 10.5 Å². The van der Waals surface area contributed by atoms with Crippen LogP contribution in [0.15, 0.2) is 35.1 Å². The Balaban J connectivity index is 2.04. The number of furan rings is 1. The van der Waals surface area contributed by atoms with E-state index in [1.165, 1.54) is 24.3 Å². The van der Waals surface area contributed by atoms with Gasteiger partial charge in [0.25, 0.3) is 11.8 Å². The molecule has 0 aliphatic carbocycles. The summed E-state index contributed by atoms with van der Waals surface area (Å²) in [5.74, 6) is -0.621. The van der Waals surface area contributed by atoms with Gasteiger partial charge < -0.3 is 24.9 Å². The minimum absolute atomic E-state index is 0.0604. The highest BCUT2D eigenvalue weighted by molar-refractivity contribution is 6.06. The Labute approximate surface area is 133 Å². The number of aromatic hydroxyl groups is 1. The van der Waals surface area contributed by atoms with E-state index < -0.39 is 5.91 Å². The fraction of sp³-hybridized carbons (Fsp3) is 0.250. The fourth-order valence-corrected chi connectivity index (χ4v) is 2.14. The van der Waals surface area contributed by atoms with Crippen LogP contribution in [-0.2, 0) is 6.42 Å². The van der Waals surface area contributed by atoms with Gasteiger partial charge in [-0.3, -0.25) is 9.59 Å². The summed E-state index contributed by atoms with van der Waals surface area (Å²) in [7, 11) is 3.09. The monoisotopic (exact) mass is 318 g/mol. The van der Waals surface area contributed by atoms with Crippen molar-refractivity contribution in [2.45, 2.75) is 6.42 Å². The Bertz CT molecular complexity index is 723. The van der Waals surface area contributed by atoms with E-state index in [-0.39, 0.29) is 22.8 Å². The number of phenolic OH excluding ortho intramolecular Hbond substituents is 1. The van der Waals surface area contributed by atoms with Crippen LogP contribution in [0.5, 0.6) is 11.5 Å². The largest absolute Gasteiger partial charge is 0.504 e. The summed E-state index contributed by atoms with van der Waals surface area (Å²) in [6, 6.07) is 5.00. The quantitative estimate of drug-likeness (QED) is 0.837. The number of benzene rings is 1. The van der Waals surface area contributed by atoms with E-state index >= 15 is 0 Å². The lowest BCUT2D eigenvalue weighted by molar-refractivity contribution is 0.0790. The van der Waals surface area contributed by atoms with Gasteiger partial charge in [-0.1, -0.05) is 6.07 Å². The van der Waals surface area contributed by atoms with Crippen molar-refractivity contribution in [3.05, 3.63) is 47.4 Å². The Morgan fingerprint density at radius 1 is 1.30 bits per heavy atom. The number of rotatable bonds is 6. The molecule has 23 heavy (non-hydrogen) atoms. The van der Waals surface area contributed by atoms with E-state index in [1.807, 2.05) is 0 Å². The maximum atomic E-state index is 12.3. The number of nitrogens with two attached hydrogens (primary N) is 1. The second-order valence-electron chi connectivity index (χ2n) is 5.05. The lowest BCUT2D eigenvalue weighted by Gasteiger charge is -2.17. The molecule has 0 radical (unpaired) electrons. The smallest absolute Gasteiger partial charge is 0.257 e. The third-order valence-corrected chi connectivity index (χ3v) is 3.48. The van der Waals surface area contributed by atoms with Gasteiger partial charge in [-0.15, -0.1) is 0 Å². The minimum atomic E-state index is -0.709. The van der Waals surface area contributed by atoms with Gasteiger partial charge in [0.1, 0.15) is 12.5 Å². The van der Waals surface area contributed by atoms with Crippen LogP contribution >= 0.6 is 0 Å². The van der Waals surface area contributed by atoms with Crippen molar-refractivity contribution in [1.29, 1.82) is 0 Å². The van der Waals surface area contributed by atoms with E-state index in [9.17, 15) is 14.7 Å². The number of hydrogen-bond acceptors (Lipinski definition) is 5. The Hall–Kier alpha value is -2.96. The number of ether oxygens (including phenoxy) is 1. The molecule has 1 aromatic heterocycles. The summed E-state index contributed by atoms with van der Waals surface area (Å²) in [6.45, 7) is 0.413. The molecule has 3 N–H and O–H groups in total. The van der Waals surface area contributed by atoms with Gasteiger partial charge in [-0.2, -0.15) is 0 Å². The molecule has 0 atom stereocenters. The number of amides is 2. The van der Waals surface area contributed by atoms with Crippen molar-refractivity contribution in [3.63, 3.8) is 0 Å². The molecule has 0 fully saturated rings. The van der Waals surface area contributed by atoms with Gasteiger partial charge in [0, 0.05) is 13.6 Å². The zero-order chi connectivity index (χ0) is 17.0. The van der Waals surface area contributed by atoms with E-state index in [0.717, 1.165) is 11.8 Å². The molecule has 1 aromatic carbocycles. The van der Waals surface area contributed by atoms with Crippen molar-refractivity contribution in [2.75, 3.05) is 20.7 Å². The number of primary amides is 1. The van der Waals surface area contributed by atoms with E-state index in [2.05, 4.69) is 0 Å². The number of carbonyl (C=O) groups is 2. The molecule has 122 valence electrons. The number of phenols is 1. The molecule has 0 spiro atoms. The van der Waals surface area contributed by atoms with Gasteiger partial charge >= 0.3 is 0 Å². The zero-order valence-corrected chi connectivity index (χ0v) is 12.9. The van der Waals surface area contributed by atoms with Crippen LogP contribution in [0.1, 0.15) is 26.3 Å². The van der Waals surface area contributed by atoms with Crippen molar-refractivity contribution < 1.29 is 23.8 Å². The predicted octanol–water partition coefficient (Wildman–Crippen LogP) is 1.41.